The summed E-state index contributed by atoms with van der Waals surface area (Å²) in [5.41, 5.74) is 0. The molecule has 0 aromatic rings. The zero-order valence-corrected chi connectivity index (χ0v) is 36.4. The quantitative estimate of drug-likeness (QED) is 0.0265. The van der Waals surface area contributed by atoms with Crippen molar-refractivity contribution in [3.63, 3.8) is 0 Å². The summed E-state index contributed by atoms with van der Waals surface area (Å²) in [5.74, 6) is -0.150. The lowest BCUT2D eigenvalue weighted by Crippen LogP contribution is -2.60. The number of carbonyl (C=O) groups excluding carboxylic acids is 1. The lowest BCUT2D eigenvalue weighted by molar-refractivity contribution is -0.302. The second kappa shape index (κ2) is 38.2. The average Bonchev–Trinajstić information content (AvgIpc) is 3.20. The van der Waals surface area contributed by atoms with Crippen LogP contribution in [0.5, 0.6) is 0 Å². The largest absolute Gasteiger partial charge is 0.394 e. The summed E-state index contributed by atoms with van der Waals surface area (Å²) in [4.78, 5) is 12.8. The van der Waals surface area contributed by atoms with Gasteiger partial charge in [0, 0.05) is 6.42 Å². The maximum absolute atomic E-state index is 12.8. The van der Waals surface area contributed by atoms with E-state index in [-0.39, 0.29) is 12.5 Å². The van der Waals surface area contributed by atoms with Crippen molar-refractivity contribution in [3.05, 3.63) is 12.2 Å². The van der Waals surface area contributed by atoms with Crippen LogP contribution in [0.25, 0.3) is 0 Å². The van der Waals surface area contributed by atoms with Gasteiger partial charge in [0.15, 0.2) is 6.29 Å². The highest BCUT2D eigenvalue weighted by Gasteiger charge is 2.44. The van der Waals surface area contributed by atoms with Crippen LogP contribution in [-0.4, -0.2) is 87.5 Å². The molecular formula is C47H91NO8. The first-order chi connectivity index (χ1) is 27.3. The Kier molecular flexibility index (Phi) is 36.1. The first-order valence-corrected chi connectivity index (χ1v) is 23.9. The van der Waals surface area contributed by atoms with E-state index in [2.05, 4.69) is 31.3 Å². The van der Waals surface area contributed by atoms with Gasteiger partial charge >= 0.3 is 0 Å². The number of hydrogen-bond donors (Lipinski definition) is 6. The molecule has 0 aliphatic carbocycles. The Labute approximate surface area is 344 Å². The Hall–Kier alpha value is -1.07. The van der Waals surface area contributed by atoms with Gasteiger partial charge in [-0.3, -0.25) is 4.79 Å². The van der Waals surface area contributed by atoms with Crippen molar-refractivity contribution in [2.24, 2.45) is 0 Å². The number of hydrogen-bond acceptors (Lipinski definition) is 8. The maximum atomic E-state index is 12.8. The van der Waals surface area contributed by atoms with Gasteiger partial charge in [-0.05, 0) is 38.5 Å². The highest BCUT2D eigenvalue weighted by molar-refractivity contribution is 5.76. The number of aliphatic hydroxyl groups is 5. The molecule has 1 amide bonds. The average molecular weight is 798 g/mol. The van der Waals surface area contributed by atoms with Gasteiger partial charge in [-0.15, -0.1) is 0 Å². The highest BCUT2D eigenvalue weighted by atomic mass is 16.7. The first kappa shape index (κ1) is 52.9. The third-order valence-corrected chi connectivity index (χ3v) is 11.6. The van der Waals surface area contributed by atoms with E-state index in [1.807, 2.05) is 0 Å². The monoisotopic (exact) mass is 798 g/mol. The third kappa shape index (κ3) is 28.4. The number of ether oxygens (including phenoxy) is 2. The van der Waals surface area contributed by atoms with Gasteiger partial charge in [-0.25, -0.2) is 0 Å². The second-order valence-electron chi connectivity index (χ2n) is 16.9. The molecule has 0 saturated carbocycles. The first-order valence-electron chi connectivity index (χ1n) is 23.9. The number of unbranched alkanes of at least 4 members (excludes halogenated alkanes) is 28. The summed E-state index contributed by atoms with van der Waals surface area (Å²) < 4.78 is 11.1. The van der Waals surface area contributed by atoms with Crippen LogP contribution >= 0.6 is 0 Å². The maximum Gasteiger partial charge on any atom is 0.220 e. The van der Waals surface area contributed by atoms with Crippen LogP contribution < -0.4 is 5.32 Å². The number of carbonyl (C=O) groups is 1. The van der Waals surface area contributed by atoms with Crippen LogP contribution in [0.15, 0.2) is 12.2 Å². The number of allylic oxidation sites excluding steroid dienone is 2. The molecule has 0 radical (unpaired) electrons. The normalized spacial score (nSPS) is 21.2. The van der Waals surface area contributed by atoms with Crippen LogP contribution in [0.3, 0.4) is 0 Å². The topological polar surface area (TPSA) is 149 Å². The molecule has 1 saturated heterocycles. The number of aliphatic hydroxyl groups excluding tert-OH is 5. The molecule has 1 aliphatic rings. The van der Waals surface area contributed by atoms with Crippen molar-refractivity contribution in [2.45, 2.75) is 269 Å². The van der Waals surface area contributed by atoms with E-state index in [0.29, 0.717) is 12.8 Å². The van der Waals surface area contributed by atoms with E-state index in [1.54, 1.807) is 0 Å². The summed E-state index contributed by atoms with van der Waals surface area (Å²) >= 11 is 0. The molecule has 1 aliphatic heterocycles. The molecule has 1 rings (SSSR count). The molecule has 1 heterocycles. The molecule has 332 valence electrons. The molecular weight excluding hydrogens is 707 g/mol. The van der Waals surface area contributed by atoms with Crippen LogP contribution in [0.2, 0.25) is 0 Å². The molecule has 1 fully saturated rings. The fourth-order valence-corrected chi connectivity index (χ4v) is 7.74. The summed E-state index contributed by atoms with van der Waals surface area (Å²) in [6, 6.07) is -0.710. The molecule has 56 heavy (non-hydrogen) atoms. The number of amides is 1. The Balaban J connectivity index is 2.02. The van der Waals surface area contributed by atoms with Crippen molar-refractivity contribution in [1.82, 2.24) is 5.32 Å². The molecule has 9 nitrogen and oxygen atoms in total. The van der Waals surface area contributed by atoms with Crippen LogP contribution in [-0.2, 0) is 14.3 Å². The molecule has 7 atom stereocenters. The molecule has 0 spiro atoms. The van der Waals surface area contributed by atoms with Crippen LogP contribution in [0.4, 0.5) is 0 Å². The van der Waals surface area contributed by atoms with E-state index in [0.717, 1.165) is 44.9 Å². The van der Waals surface area contributed by atoms with Gasteiger partial charge in [0.05, 0.1) is 25.4 Å². The van der Waals surface area contributed by atoms with Crippen molar-refractivity contribution in [3.8, 4) is 0 Å². The van der Waals surface area contributed by atoms with Crippen LogP contribution in [0.1, 0.15) is 226 Å². The standard InChI is InChI=1S/C47H91NO8/c1-3-5-7-9-10-11-12-13-14-15-16-17-18-19-20-21-22-23-24-25-26-27-28-29-30-31-32-33-35-37-43(51)48-40(41(50)36-34-8-6-4-2)39-55-47-46(54)45(53)44(52)42(38-49)56-47/h15-16,40-42,44-47,49-50,52-54H,3-14,17-39H2,1-2H3,(H,48,51)/b16-15-. The van der Waals surface area contributed by atoms with Gasteiger partial charge in [-0.2, -0.15) is 0 Å². The molecule has 9 heteroatoms. The molecule has 0 aromatic heterocycles. The van der Waals surface area contributed by atoms with Gasteiger partial charge in [0.25, 0.3) is 0 Å². The molecule has 0 aromatic carbocycles. The predicted octanol–water partition coefficient (Wildman–Crippen LogP) is 10.1. The summed E-state index contributed by atoms with van der Waals surface area (Å²) in [6.45, 7) is 3.72. The van der Waals surface area contributed by atoms with Gasteiger partial charge < -0.3 is 40.3 Å². The Morgan fingerprint density at radius 3 is 1.45 bits per heavy atom. The van der Waals surface area contributed by atoms with Crippen molar-refractivity contribution in [1.29, 1.82) is 0 Å². The Morgan fingerprint density at radius 1 is 0.589 bits per heavy atom. The molecule has 0 bridgehead atoms. The van der Waals surface area contributed by atoms with Crippen LogP contribution in [0, 0.1) is 0 Å². The van der Waals surface area contributed by atoms with E-state index in [1.165, 1.54) is 154 Å². The summed E-state index contributed by atoms with van der Waals surface area (Å²) in [5, 5.41) is 53.7. The van der Waals surface area contributed by atoms with Gasteiger partial charge in [0.1, 0.15) is 24.4 Å². The SMILES string of the molecule is CCCCCCCCCC/C=C\CCCCCCCCCCCCCCCCCCCC(=O)NC(COC1OC(CO)C(O)C(O)C1O)C(O)CCCCCC. The van der Waals surface area contributed by atoms with E-state index in [9.17, 15) is 30.3 Å². The van der Waals surface area contributed by atoms with E-state index < -0.39 is 49.5 Å². The van der Waals surface area contributed by atoms with Crippen molar-refractivity contribution >= 4 is 5.91 Å². The second-order valence-corrected chi connectivity index (χ2v) is 16.9. The predicted molar refractivity (Wildman–Crippen MR) is 231 cm³/mol. The summed E-state index contributed by atoms with van der Waals surface area (Å²) in [6.07, 6.45) is 37.5. The summed E-state index contributed by atoms with van der Waals surface area (Å²) in [7, 11) is 0. The minimum atomic E-state index is -1.55. The van der Waals surface area contributed by atoms with E-state index >= 15 is 0 Å². The smallest absolute Gasteiger partial charge is 0.220 e. The lowest BCUT2D eigenvalue weighted by atomic mass is 9.99. The Morgan fingerprint density at radius 2 is 1.00 bits per heavy atom. The minimum absolute atomic E-state index is 0.138. The molecule has 6 N–H and O–H groups in total. The van der Waals surface area contributed by atoms with Crippen molar-refractivity contribution < 1.29 is 39.8 Å². The Bertz CT molecular complexity index is 888. The minimum Gasteiger partial charge on any atom is -0.394 e. The van der Waals surface area contributed by atoms with Crippen molar-refractivity contribution in [2.75, 3.05) is 13.2 Å². The fourth-order valence-electron chi connectivity index (χ4n) is 7.74. The lowest BCUT2D eigenvalue weighted by Gasteiger charge is -2.40. The van der Waals surface area contributed by atoms with E-state index in [4.69, 9.17) is 9.47 Å². The number of rotatable bonds is 40. The van der Waals surface area contributed by atoms with Gasteiger partial charge in [-0.1, -0.05) is 193 Å². The molecule has 7 unspecified atom stereocenters. The number of nitrogens with one attached hydrogen (secondary N) is 1. The zero-order valence-electron chi connectivity index (χ0n) is 36.4. The zero-order chi connectivity index (χ0) is 40.9. The highest BCUT2D eigenvalue weighted by Crippen LogP contribution is 2.23. The van der Waals surface area contributed by atoms with Gasteiger partial charge in [0.2, 0.25) is 5.91 Å². The third-order valence-electron chi connectivity index (χ3n) is 11.6. The fraction of sp³-hybridized carbons (Fsp3) is 0.936.